The van der Waals surface area contributed by atoms with Gasteiger partial charge in [-0.1, -0.05) is 0 Å². The first kappa shape index (κ1) is 16.2. The maximum atomic E-state index is 12.2. The van der Waals surface area contributed by atoms with Gasteiger partial charge in [-0.3, -0.25) is 9.59 Å². The van der Waals surface area contributed by atoms with Crippen molar-refractivity contribution in [3.8, 4) is 0 Å². The molecule has 2 bridgehead atoms. The summed E-state index contributed by atoms with van der Waals surface area (Å²) in [5.74, 6) is 1.05. The molecule has 4 atom stereocenters. The van der Waals surface area contributed by atoms with Gasteiger partial charge in [-0.25, -0.2) is 0 Å². The number of nitrogens with zero attached hydrogens (tertiary/aromatic N) is 1. The van der Waals surface area contributed by atoms with Crippen LogP contribution in [0, 0.1) is 17.8 Å². The number of aliphatic carboxylic acids is 1. The van der Waals surface area contributed by atoms with E-state index in [1.807, 2.05) is 0 Å². The molecule has 2 unspecified atom stereocenters. The summed E-state index contributed by atoms with van der Waals surface area (Å²) in [6.07, 6.45) is 4.14. The molecule has 6 nitrogen and oxygen atoms in total. The Labute approximate surface area is 125 Å². The Morgan fingerprint density at radius 3 is 2.29 bits per heavy atom. The number of carboxylic acids is 1. The van der Waals surface area contributed by atoms with Crippen molar-refractivity contribution < 1.29 is 19.4 Å². The van der Waals surface area contributed by atoms with Crippen molar-refractivity contribution in [2.75, 3.05) is 26.3 Å². The van der Waals surface area contributed by atoms with Crippen molar-refractivity contribution in [1.29, 1.82) is 0 Å². The summed E-state index contributed by atoms with van der Waals surface area (Å²) in [4.78, 5) is 23.3. The minimum atomic E-state index is -0.833. The second-order valence-electron chi connectivity index (χ2n) is 6.43. The lowest BCUT2D eigenvalue weighted by atomic mass is 9.92. The van der Waals surface area contributed by atoms with Crippen molar-refractivity contribution >= 4 is 11.9 Å². The Morgan fingerprint density at radius 1 is 1.24 bits per heavy atom. The van der Waals surface area contributed by atoms with Crippen LogP contribution in [-0.2, 0) is 14.3 Å². The number of nitrogens with two attached hydrogens (primary N) is 1. The van der Waals surface area contributed by atoms with E-state index in [0.29, 0.717) is 36.1 Å². The van der Waals surface area contributed by atoms with Crippen molar-refractivity contribution in [2.24, 2.45) is 23.5 Å². The molecular formula is C15H26N2O4. The first-order valence-corrected chi connectivity index (χ1v) is 7.78. The number of likely N-dealkylation sites (tertiary alicyclic amines) is 1. The van der Waals surface area contributed by atoms with Crippen LogP contribution in [0.2, 0.25) is 0 Å². The van der Waals surface area contributed by atoms with E-state index in [1.165, 1.54) is 12.8 Å². The van der Waals surface area contributed by atoms with E-state index in [1.54, 1.807) is 0 Å². The highest BCUT2D eigenvalue weighted by Gasteiger charge is 2.41. The van der Waals surface area contributed by atoms with E-state index in [9.17, 15) is 4.79 Å². The van der Waals surface area contributed by atoms with Gasteiger partial charge in [0.1, 0.15) is 0 Å². The molecule has 2 aliphatic heterocycles. The predicted octanol–water partition coefficient (Wildman–Crippen LogP) is 0.700. The highest BCUT2D eigenvalue weighted by Crippen LogP contribution is 2.36. The van der Waals surface area contributed by atoms with E-state index in [4.69, 9.17) is 20.4 Å². The number of amides is 1. The molecule has 120 valence electrons. The zero-order valence-corrected chi connectivity index (χ0v) is 12.7. The summed E-state index contributed by atoms with van der Waals surface area (Å²) < 4.78 is 5.33. The maximum Gasteiger partial charge on any atom is 0.300 e. The molecule has 2 heterocycles. The Bertz CT molecular complexity index is 364. The molecule has 0 radical (unpaired) electrons. The van der Waals surface area contributed by atoms with E-state index in [2.05, 4.69) is 4.90 Å². The van der Waals surface area contributed by atoms with Crippen LogP contribution in [0.3, 0.4) is 0 Å². The zero-order valence-electron chi connectivity index (χ0n) is 12.7. The standard InChI is InChI=1S/C13H22N2O2.C2H4O2/c14-13-10-1-2-11(13)7-15(6-10)12(16)5-9-3-4-17-8-9;1-2(3)4/h9-11,13H,1-8,14H2;1H3,(H,3,4)/t9?,10-,11+,13?;. The zero-order chi connectivity index (χ0) is 15.4. The number of hydrogen-bond acceptors (Lipinski definition) is 4. The van der Waals surface area contributed by atoms with Gasteiger partial charge in [-0.05, 0) is 37.0 Å². The van der Waals surface area contributed by atoms with Crippen molar-refractivity contribution in [2.45, 2.75) is 38.6 Å². The summed E-state index contributed by atoms with van der Waals surface area (Å²) >= 11 is 0. The lowest BCUT2D eigenvalue weighted by molar-refractivity contribution is -0.135. The Balaban J connectivity index is 0.000000361. The molecule has 2 saturated heterocycles. The fraction of sp³-hybridized carbons (Fsp3) is 0.867. The molecule has 1 amide bonds. The quantitative estimate of drug-likeness (QED) is 0.783. The average molecular weight is 298 g/mol. The van der Waals surface area contributed by atoms with Crippen molar-refractivity contribution in [3.63, 3.8) is 0 Å². The van der Waals surface area contributed by atoms with Gasteiger partial charge in [-0.2, -0.15) is 0 Å². The third-order valence-electron chi connectivity index (χ3n) is 4.75. The monoisotopic (exact) mass is 298 g/mol. The number of carbonyl (C=O) groups excluding carboxylic acids is 1. The molecule has 3 fully saturated rings. The fourth-order valence-electron chi connectivity index (χ4n) is 3.59. The number of ether oxygens (including phenoxy) is 1. The van der Waals surface area contributed by atoms with Crippen molar-refractivity contribution in [1.82, 2.24) is 4.90 Å². The Morgan fingerprint density at radius 2 is 1.81 bits per heavy atom. The second kappa shape index (κ2) is 7.22. The lowest BCUT2D eigenvalue weighted by Crippen LogP contribution is -2.51. The summed E-state index contributed by atoms with van der Waals surface area (Å²) in [5, 5.41) is 7.42. The normalized spacial score (nSPS) is 34.3. The molecule has 21 heavy (non-hydrogen) atoms. The fourth-order valence-corrected chi connectivity index (χ4v) is 3.59. The van der Waals surface area contributed by atoms with E-state index in [0.717, 1.165) is 39.6 Å². The van der Waals surface area contributed by atoms with E-state index >= 15 is 0 Å². The van der Waals surface area contributed by atoms with Crippen LogP contribution < -0.4 is 5.73 Å². The third kappa shape index (κ3) is 4.41. The van der Waals surface area contributed by atoms with Crippen LogP contribution in [0.25, 0.3) is 0 Å². The van der Waals surface area contributed by atoms with Gasteiger partial charge in [0, 0.05) is 45.7 Å². The van der Waals surface area contributed by atoms with Gasteiger partial charge in [0.2, 0.25) is 5.91 Å². The largest absolute Gasteiger partial charge is 0.481 e. The minimum Gasteiger partial charge on any atom is -0.481 e. The first-order chi connectivity index (χ1) is 9.97. The van der Waals surface area contributed by atoms with Gasteiger partial charge in [0.05, 0.1) is 0 Å². The molecule has 0 aromatic rings. The minimum absolute atomic E-state index is 0.323. The third-order valence-corrected chi connectivity index (χ3v) is 4.75. The van der Waals surface area contributed by atoms with Crippen LogP contribution in [0.4, 0.5) is 0 Å². The summed E-state index contributed by atoms with van der Waals surface area (Å²) in [6, 6.07) is 0.342. The Kier molecular flexibility index (Phi) is 5.58. The van der Waals surface area contributed by atoms with Gasteiger partial charge < -0.3 is 20.5 Å². The molecule has 3 aliphatic rings. The number of fused-ring (bicyclic) bond motifs is 2. The van der Waals surface area contributed by atoms with Gasteiger partial charge in [0.25, 0.3) is 5.97 Å². The number of rotatable bonds is 2. The average Bonchev–Trinajstić information content (AvgIpc) is 2.95. The summed E-state index contributed by atoms with van der Waals surface area (Å²) in [7, 11) is 0. The van der Waals surface area contributed by atoms with Gasteiger partial charge in [-0.15, -0.1) is 0 Å². The number of hydrogen-bond donors (Lipinski definition) is 2. The molecule has 6 heteroatoms. The van der Waals surface area contributed by atoms with Gasteiger partial charge in [0.15, 0.2) is 0 Å². The molecule has 0 aromatic carbocycles. The lowest BCUT2D eigenvalue weighted by Gasteiger charge is -2.36. The first-order valence-electron chi connectivity index (χ1n) is 7.78. The number of piperidine rings is 1. The molecular weight excluding hydrogens is 272 g/mol. The highest BCUT2D eigenvalue weighted by atomic mass is 16.5. The van der Waals surface area contributed by atoms with E-state index < -0.39 is 5.97 Å². The number of carboxylic acid groups (broad SMARTS) is 1. The smallest absolute Gasteiger partial charge is 0.300 e. The molecule has 0 spiro atoms. The maximum absolute atomic E-state index is 12.2. The van der Waals surface area contributed by atoms with Crippen molar-refractivity contribution in [3.05, 3.63) is 0 Å². The van der Waals surface area contributed by atoms with Crippen LogP contribution in [0.15, 0.2) is 0 Å². The van der Waals surface area contributed by atoms with Crippen LogP contribution in [-0.4, -0.2) is 54.2 Å². The molecule has 1 aliphatic carbocycles. The highest BCUT2D eigenvalue weighted by molar-refractivity contribution is 5.76. The van der Waals surface area contributed by atoms with Crippen LogP contribution in [0.5, 0.6) is 0 Å². The molecule has 3 N–H and O–H groups in total. The topological polar surface area (TPSA) is 92.9 Å². The summed E-state index contributed by atoms with van der Waals surface area (Å²) in [6.45, 7) is 4.47. The summed E-state index contributed by atoms with van der Waals surface area (Å²) in [5.41, 5.74) is 6.15. The Hall–Kier alpha value is -1.14. The van der Waals surface area contributed by atoms with Gasteiger partial charge >= 0.3 is 0 Å². The predicted molar refractivity (Wildman–Crippen MR) is 77.6 cm³/mol. The molecule has 1 saturated carbocycles. The SMILES string of the molecule is CC(=O)O.NC1[C@@H]2CC[C@H]1CN(C(=O)CC1CCOC1)C2. The molecule has 3 rings (SSSR count). The van der Waals surface area contributed by atoms with Crippen LogP contribution in [0.1, 0.15) is 32.6 Å². The van der Waals surface area contributed by atoms with Crippen LogP contribution >= 0.6 is 0 Å². The van der Waals surface area contributed by atoms with E-state index in [-0.39, 0.29) is 0 Å². The molecule has 0 aromatic heterocycles. The second-order valence-corrected chi connectivity index (χ2v) is 6.43. The number of carbonyl (C=O) groups is 2.